The van der Waals surface area contributed by atoms with E-state index >= 15 is 0 Å². The number of amides is 2. The zero-order chi connectivity index (χ0) is 14.0. The Labute approximate surface area is 110 Å². The van der Waals surface area contributed by atoms with Gasteiger partial charge in [0, 0.05) is 25.5 Å². The topological polar surface area (TPSA) is 84.3 Å². The molecule has 1 saturated heterocycles. The quantitative estimate of drug-likeness (QED) is 0.741. The lowest BCUT2D eigenvalue weighted by Crippen LogP contribution is -2.64. The number of rotatable bonds is 2. The molecule has 0 unspecified atom stereocenters. The maximum atomic E-state index is 12.2. The second-order valence-electron chi connectivity index (χ2n) is 4.89. The molecule has 2 amide bonds. The fourth-order valence-electron chi connectivity index (χ4n) is 2.07. The standard InChI is InChI=1S/C12H16N4O3/c1-12(2)10(18)13-5-7-16(12)9(17)8-15-6-3-4-14-11(15)19/h3-4,6H,5,7-8H2,1-2H3,(H,13,18). The highest BCUT2D eigenvalue weighted by Gasteiger charge is 2.40. The van der Waals surface area contributed by atoms with E-state index in [4.69, 9.17) is 0 Å². The highest BCUT2D eigenvalue weighted by Crippen LogP contribution is 2.17. The van der Waals surface area contributed by atoms with Gasteiger partial charge < -0.3 is 10.2 Å². The summed E-state index contributed by atoms with van der Waals surface area (Å²) >= 11 is 0. The van der Waals surface area contributed by atoms with Gasteiger partial charge in [0.05, 0.1) is 0 Å². The largest absolute Gasteiger partial charge is 0.352 e. The second kappa shape index (κ2) is 4.83. The molecule has 2 rings (SSSR count). The van der Waals surface area contributed by atoms with Crippen molar-refractivity contribution in [2.75, 3.05) is 13.1 Å². The minimum Gasteiger partial charge on any atom is -0.352 e. The van der Waals surface area contributed by atoms with Crippen LogP contribution in [-0.4, -0.2) is 44.9 Å². The third-order valence-corrected chi connectivity index (χ3v) is 3.24. The van der Waals surface area contributed by atoms with Crippen LogP contribution in [0.1, 0.15) is 13.8 Å². The number of piperazine rings is 1. The third-order valence-electron chi connectivity index (χ3n) is 3.24. The van der Waals surface area contributed by atoms with Crippen molar-refractivity contribution in [1.82, 2.24) is 19.8 Å². The van der Waals surface area contributed by atoms with Crippen LogP contribution in [0.15, 0.2) is 23.3 Å². The molecule has 0 aliphatic carbocycles. The molecule has 0 saturated carbocycles. The molecule has 0 atom stereocenters. The van der Waals surface area contributed by atoms with Gasteiger partial charge in [-0.15, -0.1) is 0 Å². The van der Waals surface area contributed by atoms with Gasteiger partial charge in [-0.25, -0.2) is 9.78 Å². The van der Waals surface area contributed by atoms with Gasteiger partial charge in [-0.3, -0.25) is 14.2 Å². The Bertz CT molecular complexity index is 564. The average molecular weight is 264 g/mol. The van der Waals surface area contributed by atoms with Crippen LogP contribution in [0.2, 0.25) is 0 Å². The first-order valence-corrected chi connectivity index (χ1v) is 6.03. The predicted octanol–water partition coefficient (Wildman–Crippen LogP) is -1.02. The molecule has 1 aliphatic rings. The summed E-state index contributed by atoms with van der Waals surface area (Å²) in [5.41, 5.74) is -1.38. The van der Waals surface area contributed by atoms with Crippen LogP contribution < -0.4 is 11.0 Å². The maximum Gasteiger partial charge on any atom is 0.347 e. The molecule has 0 bridgehead atoms. The molecule has 1 aromatic rings. The number of hydrogen-bond donors (Lipinski definition) is 1. The average Bonchev–Trinajstić information content (AvgIpc) is 2.35. The fourth-order valence-corrected chi connectivity index (χ4v) is 2.07. The molecular formula is C12H16N4O3. The van der Waals surface area contributed by atoms with E-state index in [9.17, 15) is 14.4 Å². The molecule has 0 radical (unpaired) electrons. The van der Waals surface area contributed by atoms with Gasteiger partial charge in [-0.1, -0.05) is 0 Å². The predicted molar refractivity (Wildman–Crippen MR) is 67.3 cm³/mol. The number of nitrogens with one attached hydrogen (secondary N) is 1. The van der Waals surface area contributed by atoms with E-state index in [1.807, 2.05) is 0 Å². The Morgan fingerprint density at radius 1 is 1.47 bits per heavy atom. The first kappa shape index (κ1) is 13.3. The van der Waals surface area contributed by atoms with E-state index in [1.165, 1.54) is 21.9 Å². The summed E-state index contributed by atoms with van der Waals surface area (Å²) in [5.74, 6) is -0.458. The molecule has 0 spiro atoms. The molecule has 1 fully saturated rings. The monoisotopic (exact) mass is 264 g/mol. The highest BCUT2D eigenvalue weighted by atomic mass is 16.2. The molecule has 2 heterocycles. The van der Waals surface area contributed by atoms with E-state index in [-0.39, 0.29) is 18.4 Å². The third kappa shape index (κ3) is 2.49. The van der Waals surface area contributed by atoms with Gasteiger partial charge in [0.2, 0.25) is 11.8 Å². The number of nitrogens with zero attached hydrogens (tertiary/aromatic N) is 3. The van der Waals surface area contributed by atoms with E-state index in [0.29, 0.717) is 13.1 Å². The van der Waals surface area contributed by atoms with Crippen LogP contribution in [0.5, 0.6) is 0 Å². The molecule has 102 valence electrons. The van der Waals surface area contributed by atoms with Crippen molar-refractivity contribution < 1.29 is 9.59 Å². The maximum absolute atomic E-state index is 12.2. The number of carbonyl (C=O) groups is 2. The molecular weight excluding hydrogens is 248 g/mol. The summed E-state index contributed by atoms with van der Waals surface area (Å²) in [5, 5.41) is 2.72. The molecule has 7 nitrogen and oxygen atoms in total. The van der Waals surface area contributed by atoms with Crippen molar-refractivity contribution in [2.24, 2.45) is 0 Å². The zero-order valence-electron chi connectivity index (χ0n) is 10.9. The van der Waals surface area contributed by atoms with Gasteiger partial charge in [0.1, 0.15) is 12.1 Å². The molecule has 1 aliphatic heterocycles. The van der Waals surface area contributed by atoms with Crippen LogP contribution in [-0.2, 0) is 16.1 Å². The summed E-state index contributed by atoms with van der Waals surface area (Å²) in [4.78, 5) is 40.5. The molecule has 0 aromatic carbocycles. The van der Waals surface area contributed by atoms with E-state index in [1.54, 1.807) is 19.9 Å². The zero-order valence-corrected chi connectivity index (χ0v) is 10.9. The van der Waals surface area contributed by atoms with Crippen molar-refractivity contribution >= 4 is 11.8 Å². The smallest absolute Gasteiger partial charge is 0.347 e. The van der Waals surface area contributed by atoms with E-state index in [2.05, 4.69) is 10.3 Å². The Kier molecular flexibility index (Phi) is 3.37. The fraction of sp³-hybridized carbons (Fsp3) is 0.500. The van der Waals surface area contributed by atoms with Gasteiger partial charge >= 0.3 is 5.69 Å². The number of hydrogen-bond acceptors (Lipinski definition) is 4. The Morgan fingerprint density at radius 3 is 2.89 bits per heavy atom. The summed E-state index contributed by atoms with van der Waals surface area (Å²) < 4.78 is 1.23. The molecule has 1 N–H and O–H groups in total. The lowest BCUT2D eigenvalue weighted by molar-refractivity contribution is -0.149. The molecule has 1 aromatic heterocycles. The van der Waals surface area contributed by atoms with Crippen molar-refractivity contribution in [3.63, 3.8) is 0 Å². The van der Waals surface area contributed by atoms with Crippen molar-refractivity contribution in [3.8, 4) is 0 Å². The second-order valence-corrected chi connectivity index (χ2v) is 4.89. The van der Waals surface area contributed by atoms with Gasteiger partial charge in [0.15, 0.2) is 0 Å². The van der Waals surface area contributed by atoms with Gasteiger partial charge in [0.25, 0.3) is 0 Å². The highest BCUT2D eigenvalue weighted by molar-refractivity contribution is 5.91. The first-order valence-electron chi connectivity index (χ1n) is 6.03. The van der Waals surface area contributed by atoms with Gasteiger partial charge in [-0.05, 0) is 19.9 Å². The normalized spacial score (nSPS) is 18.0. The van der Waals surface area contributed by atoms with Crippen LogP contribution in [0, 0.1) is 0 Å². The summed E-state index contributed by atoms with van der Waals surface area (Å²) in [6, 6.07) is 1.59. The Morgan fingerprint density at radius 2 is 2.21 bits per heavy atom. The number of carbonyl (C=O) groups excluding carboxylic acids is 2. The number of aromatic nitrogens is 2. The molecule has 7 heteroatoms. The van der Waals surface area contributed by atoms with Crippen molar-refractivity contribution in [2.45, 2.75) is 25.9 Å². The van der Waals surface area contributed by atoms with E-state index < -0.39 is 11.2 Å². The minimum absolute atomic E-state index is 0.108. The van der Waals surface area contributed by atoms with Gasteiger partial charge in [-0.2, -0.15) is 0 Å². The van der Waals surface area contributed by atoms with Crippen LogP contribution in [0.3, 0.4) is 0 Å². The lowest BCUT2D eigenvalue weighted by atomic mass is 9.99. The van der Waals surface area contributed by atoms with Crippen LogP contribution in [0.25, 0.3) is 0 Å². The van der Waals surface area contributed by atoms with E-state index in [0.717, 1.165) is 0 Å². The first-order chi connectivity index (χ1) is 8.93. The lowest BCUT2D eigenvalue weighted by Gasteiger charge is -2.41. The molecule has 19 heavy (non-hydrogen) atoms. The minimum atomic E-state index is -0.902. The van der Waals surface area contributed by atoms with Crippen molar-refractivity contribution in [3.05, 3.63) is 28.9 Å². The van der Waals surface area contributed by atoms with Crippen LogP contribution in [0.4, 0.5) is 0 Å². The summed E-state index contributed by atoms with van der Waals surface area (Å²) in [6.45, 7) is 4.13. The SMILES string of the molecule is CC1(C)C(=O)NCCN1C(=O)Cn1cccnc1=O. The summed E-state index contributed by atoms with van der Waals surface area (Å²) in [6.07, 6.45) is 2.88. The summed E-state index contributed by atoms with van der Waals surface area (Å²) in [7, 11) is 0. The van der Waals surface area contributed by atoms with Crippen LogP contribution >= 0.6 is 0 Å². The Balaban J connectivity index is 2.18. The Hall–Kier alpha value is -2.18. The van der Waals surface area contributed by atoms with Crippen molar-refractivity contribution in [1.29, 1.82) is 0 Å².